The van der Waals surface area contributed by atoms with Gasteiger partial charge in [0.1, 0.15) is 11.9 Å². The van der Waals surface area contributed by atoms with E-state index in [1.54, 1.807) is 42.2 Å². The van der Waals surface area contributed by atoms with Crippen molar-refractivity contribution < 1.29 is 27.8 Å². The number of fused-ring (bicyclic) bond motifs is 1. The van der Waals surface area contributed by atoms with Crippen molar-refractivity contribution in [2.75, 3.05) is 38.6 Å². The SMILES string of the molecule is COc1ccc(S(=O)(=O)Nc2cccc3c2O[C@@H](CN(C)Cc2ccccc2)[C@H](C)CN([C@H](C)CO)C3=O)cc1. The fourth-order valence-electron chi connectivity index (χ4n) is 4.77. The highest BCUT2D eigenvalue weighted by atomic mass is 32.2. The van der Waals surface area contributed by atoms with Gasteiger partial charge < -0.3 is 19.5 Å². The first-order valence-electron chi connectivity index (χ1n) is 13.2. The number of hydrogen-bond acceptors (Lipinski definition) is 7. The maximum atomic E-state index is 13.7. The van der Waals surface area contributed by atoms with Crippen molar-refractivity contribution >= 4 is 21.6 Å². The van der Waals surface area contributed by atoms with Gasteiger partial charge in [0, 0.05) is 25.6 Å². The molecule has 0 saturated carbocycles. The molecular weight excluding hydrogens is 530 g/mol. The average molecular weight is 568 g/mol. The predicted molar refractivity (Wildman–Crippen MR) is 154 cm³/mol. The topological polar surface area (TPSA) is 108 Å². The van der Waals surface area contributed by atoms with Crippen LogP contribution in [0.25, 0.3) is 0 Å². The zero-order valence-corrected chi connectivity index (χ0v) is 24.1. The van der Waals surface area contributed by atoms with Crippen molar-refractivity contribution in [3.8, 4) is 11.5 Å². The van der Waals surface area contributed by atoms with E-state index in [1.807, 2.05) is 32.2 Å². The minimum absolute atomic E-state index is 0.0473. The normalized spacial score (nSPS) is 18.4. The second-order valence-electron chi connectivity index (χ2n) is 10.3. The van der Waals surface area contributed by atoms with Crippen LogP contribution in [0.5, 0.6) is 11.5 Å². The first kappa shape index (κ1) is 29.4. The molecule has 0 saturated heterocycles. The number of aliphatic hydroxyl groups is 1. The number of rotatable bonds is 10. The van der Waals surface area contributed by atoms with E-state index < -0.39 is 16.1 Å². The average Bonchev–Trinajstić information content (AvgIpc) is 2.95. The lowest BCUT2D eigenvalue weighted by Gasteiger charge is -2.38. The van der Waals surface area contributed by atoms with Crippen LogP contribution in [0, 0.1) is 5.92 Å². The molecule has 0 fully saturated rings. The molecule has 214 valence electrons. The van der Waals surface area contributed by atoms with Crippen LogP contribution in [0.4, 0.5) is 5.69 Å². The van der Waals surface area contributed by atoms with Crippen LogP contribution in [-0.2, 0) is 16.6 Å². The van der Waals surface area contributed by atoms with Crippen LogP contribution in [0.3, 0.4) is 0 Å². The molecule has 1 heterocycles. The molecule has 0 spiro atoms. The minimum Gasteiger partial charge on any atom is -0.497 e. The largest absolute Gasteiger partial charge is 0.497 e. The van der Waals surface area contributed by atoms with E-state index in [2.05, 4.69) is 21.8 Å². The quantitative estimate of drug-likeness (QED) is 0.383. The van der Waals surface area contributed by atoms with Crippen LogP contribution in [-0.4, -0.2) is 75.2 Å². The number of para-hydroxylation sites is 1. The Labute approximate surface area is 236 Å². The van der Waals surface area contributed by atoms with Gasteiger partial charge in [-0.3, -0.25) is 14.4 Å². The number of carbonyl (C=O) groups is 1. The summed E-state index contributed by atoms with van der Waals surface area (Å²) in [5, 5.41) is 9.91. The van der Waals surface area contributed by atoms with Gasteiger partial charge in [0.2, 0.25) is 0 Å². The fraction of sp³-hybridized carbons (Fsp3) is 0.367. The number of sulfonamides is 1. The standard InChI is InChI=1S/C30H37N3O6S/c1-21-17-33(22(2)20-34)30(35)26-11-8-12-27(31-40(36,37)25-15-13-24(38-4)14-16-25)29(26)39-28(21)19-32(3)18-23-9-6-5-7-10-23/h5-16,21-22,28,31,34H,17-20H2,1-4H3/t21-,22-,28+/m1/s1. The molecule has 1 aliphatic heterocycles. The molecule has 0 bridgehead atoms. The van der Waals surface area contributed by atoms with Crippen molar-refractivity contribution in [1.82, 2.24) is 9.80 Å². The molecule has 1 amide bonds. The van der Waals surface area contributed by atoms with Gasteiger partial charge in [-0.2, -0.15) is 0 Å². The summed E-state index contributed by atoms with van der Waals surface area (Å²) < 4.78 is 41.0. The Balaban J connectivity index is 1.70. The van der Waals surface area contributed by atoms with Crippen molar-refractivity contribution in [3.63, 3.8) is 0 Å². The minimum atomic E-state index is -4.00. The van der Waals surface area contributed by atoms with Crippen LogP contribution >= 0.6 is 0 Å². The van der Waals surface area contributed by atoms with Gasteiger partial charge in [-0.25, -0.2) is 8.42 Å². The number of ether oxygens (including phenoxy) is 2. The maximum Gasteiger partial charge on any atom is 0.262 e. The summed E-state index contributed by atoms with van der Waals surface area (Å²) in [6.45, 7) is 5.20. The monoisotopic (exact) mass is 567 g/mol. The third-order valence-electron chi connectivity index (χ3n) is 7.09. The lowest BCUT2D eigenvalue weighted by Crippen LogP contribution is -2.49. The van der Waals surface area contributed by atoms with E-state index in [0.717, 1.165) is 5.56 Å². The van der Waals surface area contributed by atoms with Crippen LogP contribution < -0.4 is 14.2 Å². The van der Waals surface area contributed by atoms with E-state index >= 15 is 0 Å². The first-order valence-corrected chi connectivity index (χ1v) is 14.7. The zero-order chi connectivity index (χ0) is 28.9. The lowest BCUT2D eigenvalue weighted by molar-refractivity contribution is 0.0344. The van der Waals surface area contributed by atoms with E-state index in [9.17, 15) is 18.3 Å². The molecule has 4 rings (SSSR count). The molecule has 0 aliphatic carbocycles. The number of nitrogens with zero attached hydrogens (tertiary/aromatic N) is 2. The van der Waals surface area contributed by atoms with Gasteiger partial charge in [0.05, 0.1) is 35.9 Å². The summed E-state index contributed by atoms with van der Waals surface area (Å²) >= 11 is 0. The number of amides is 1. The Morgan fingerprint density at radius 2 is 1.80 bits per heavy atom. The van der Waals surface area contributed by atoms with Gasteiger partial charge in [0.25, 0.3) is 15.9 Å². The number of methoxy groups -OCH3 is 1. The van der Waals surface area contributed by atoms with Gasteiger partial charge in [0.15, 0.2) is 5.75 Å². The van der Waals surface area contributed by atoms with E-state index in [4.69, 9.17) is 9.47 Å². The lowest BCUT2D eigenvalue weighted by atomic mass is 9.99. The second-order valence-corrected chi connectivity index (χ2v) is 12.0. The molecule has 10 heteroatoms. The number of nitrogens with one attached hydrogen (secondary N) is 1. The smallest absolute Gasteiger partial charge is 0.262 e. The Morgan fingerprint density at radius 1 is 1.10 bits per heavy atom. The summed E-state index contributed by atoms with van der Waals surface area (Å²) in [5.74, 6) is 0.261. The van der Waals surface area contributed by atoms with Gasteiger partial charge in [-0.1, -0.05) is 43.3 Å². The number of aliphatic hydroxyl groups excluding tert-OH is 1. The number of anilines is 1. The second kappa shape index (κ2) is 12.7. The highest BCUT2D eigenvalue weighted by Gasteiger charge is 2.35. The molecule has 3 aromatic rings. The Kier molecular flexibility index (Phi) is 9.34. The molecule has 3 aromatic carbocycles. The molecule has 0 radical (unpaired) electrons. The first-order chi connectivity index (χ1) is 19.1. The molecule has 3 atom stereocenters. The summed E-state index contributed by atoms with van der Waals surface area (Å²) in [7, 11) is -0.493. The molecule has 9 nitrogen and oxygen atoms in total. The maximum absolute atomic E-state index is 13.7. The fourth-order valence-corrected chi connectivity index (χ4v) is 5.83. The Morgan fingerprint density at radius 3 is 2.45 bits per heavy atom. The summed E-state index contributed by atoms with van der Waals surface area (Å²) in [6, 6.07) is 20.5. The van der Waals surface area contributed by atoms with E-state index in [0.29, 0.717) is 25.4 Å². The third kappa shape index (κ3) is 6.75. The highest BCUT2D eigenvalue weighted by Crippen LogP contribution is 2.36. The van der Waals surface area contributed by atoms with Crippen molar-refractivity contribution in [1.29, 1.82) is 0 Å². The summed E-state index contributed by atoms with van der Waals surface area (Å²) in [5.41, 5.74) is 1.56. The molecule has 2 N–H and O–H groups in total. The summed E-state index contributed by atoms with van der Waals surface area (Å²) in [4.78, 5) is 17.5. The predicted octanol–water partition coefficient (Wildman–Crippen LogP) is 3.85. The highest BCUT2D eigenvalue weighted by molar-refractivity contribution is 7.92. The van der Waals surface area contributed by atoms with Crippen LogP contribution in [0.1, 0.15) is 29.8 Å². The zero-order valence-electron chi connectivity index (χ0n) is 23.3. The summed E-state index contributed by atoms with van der Waals surface area (Å²) in [6.07, 6.45) is -0.374. The molecule has 40 heavy (non-hydrogen) atoms. The van der Waals surface area contributed by atoms with Crippen molar-refractivity contribution in [3.05, 3.63) is 83.9 Å². The molecule has 1 aliphatic rings. The molecule has 0 aromatic heterocycles. The van der Waals surface area contributed by atoms with Crippen LogP contribution in [0.2, 0.25) is 0 Å². The Hall–Kier alpha value is -3.60. The molecular formula is C30H37N3O6S. The van der Waals surface area contributed by atoms with Gasteiger partial charge in [-0.05, 0) is 55.9 Å². The number of hydrogen-bond donors (Lipinski definition) is 2. The van der Waals surface area contributed by atoms with Crippen molar-refractivity contribution in [2.45, 2.75) is 37.4 Å². The van der Waals surface area contributed by atoms with E-state index in [1.165, 1.54) is 19.2 Å². The Bertz CT molecular complexity index is 1400. The van der Waals surface area contributed by atoms with Crippen molar-refractivity contribution in [2.24, 2.45) is 5.92 Å². The molecule has 0 unspecified atom stereocenters. The number of benzene rings is 3. The number of likely N-dealkylation sites (N-methyl/N-ethyl adjacent to an activating group) is 1. The van der Waals surface area contributed by atoms with Gasteiger partial charge >= 0.3 is 0 Å². The van der Waals surface area contributed by atoms with Gasteiger partial charge in [-0.15, -0.1) is 0 Å². The van der Waals surface area contributed by atoms with Crippen LogP contribution in [0.15, 0.2) is 77.7 Å². The van der Waals surface area contributed by atoms with E-state index in [-0.39, 0.29) is 46.4 Å². The third-order valence-corrected chi connectivity index (χ3v) is 8.47. The number of carbonyl (C=O) groups excluding carboxylic acids is 1.